The zero-order chi connectivity index (χ0) is 9.12. The molecule has 0 saturated heterocycles. The predicted molar refractivity (Wildman–Crippen MR) is 43.0 cm³/mol. The van der Waals surface area contributed by atoms with Crippen LogP contribution in [0.4, 0.5) is 8.78 Å². The van der Waals surface area contributed by atoms with E-state index in [4.69, 9.17) is 5.11 Å². The predicted octanol–water partition coefficient (Wildman–Crippen LogP) is 1.33. The minimum Gasteiger partial charge on any atom is -0.383 e. The summed E-state index contributed by atoms with van der Waals surface area (Å²) in [5, 5.41) is 11.8. The van der Waals surface area contributed by atoms with Crippen LogP contribution in [-0.2, 0) is 0 Å². The zero-order valence-electron chi connectivity index (χ0n) is 6.50. The lowest BCUT2D eigenvalue weighted by Crippen LogP contribution is -2.42. The van der Waals surface area contributed by atoms with Gasteiger partial charge in [-0.15, -0.1) is 0 Å². The molecule has 0 heterocycles. The Morgan fingerprint density at radius 3 is 2.27 bits per heavy atom. The highest BCUT2D eigenvalue weighted by molar-refractivity contribution is 9.10. The largest absolute Gasteiger partial charge is 0.383 e. The molecule has 0 aromatic heterocycles. The molecule has 1 atom stereocenters. The van der Waals surface area contributed by atoms with E-state index in [0.29, 0.717) is 6.54 Å². The molecule has 0 aliphatic heterocycles. The number of halogens is 3. The fraction of sp³-hybridized carbons (Fsp3) is 1.00. The van der Waals surface area contributed by atoms with Crippen molar-refractivity contribution >= 4 is 15.9 Å². The van der Waals surface area contributed by atoms with Crippen LogP contribution in [-0.4, -0.2) is 29.1 Å². The summed E-state index contributed by atoms with van der Waals surface area (Å²) in [6.07, 6.45) is 0.00174. The fourth-order valence-corrected chi connectivity index (χ4v) is 0.708. The first-order chi connectivity index (χ1) is 4.81. The van der Waals surface area contributed by atoms with Crippen LogP contribution < -0.4 is 5.32 Å². The quantitative estimate of drug-likeness (QED) is 0.717. The monoisotopic (exact) mass is 231 g/mol. The van der Waals surface area contributed by atoms with Gasteiger partial charge in [0.25, 0.3) is 0 Å². The Morgan fingerprint density at radius 2 is 2.00 bits per heavy atom. The molecule has 0 aromatic rings. The second-order valence-electron chi connectivity index (χ2n) is 2.63. The van der Waals surface area contributed by atoms with E-state index in [-0.39, 0.29) is 6.42 Å². The summed E-state index contributed by atoms with van der Waals surface area (Å²) in [5.74, 6) is 0. The molecule has 0 aliphatic carbocycles. The maximum atomic E-state index is 12.5. The summed E-state index contributed by atoms with van der Waals surface area (Å²) in [5.41, 5.74) is -1.99. The van der Waals surface area contributed by atoms with Crippen LogP contribution in [0.2, 0.25) is 0 Å². The zero-order valence-corrected chi connectivity index (χ0v) is 8.08. The van der Waals surface area contributed by atoms with Crippen LogP contribution in [0.25, 0.3) is 0 Å². The first-order valence-electron chi connectivity index (χ1n) is 3.25. The third kappa shape index (κ3) is 3.44. The second kappa shape index (κ2) is 3.78. The molecule has 11 heavy (non-hydrogen) atoms. The van der Waals surface area contributed by atoms with Gasteiger partial charge < -0.3 is 10.4 Å². The highest BCUT2D eigenvalue weighted by atomic mass is 79.9. The Hall–Kier alpha value is 0.260. The van der Waals surface area contributed by atoms with E-state index in [0.717, 1.165) is 6.92 Å². The van der Waals surface area contributed by atoms with Crippen molar-refractivity contribution in [1.29, 1.82) is 0 Å². The average molecular weight is 232 g/mol. The van der Waals surface area contributed by atoms with Crippen molar-refractivity contribution in [3.63, 3.8) is 0 Å². The topological polar surface area (TPSA) is 32.3 Å². The number of hydrogen-bond donors (Lipinski definition) is 2. The lowest BCUT2D eigenvalue weighted by Gasteiger charge is -2.27. The van der Waals surface area contributed by atoms with Gasteiger partial charge in [0, 0.05) is 0 Å². The molecule has 0 bridgehead atoms. The van der Waals surface area contributed by atoms with E-state index in [2.05, 4.69) is 21.2 Å². The number of alkyl halides is 3. The SMILES string of the molecule is CNCCC(C)(O)C(F)(F)Br. The Labute approximate surface area is 73.1 Å². The van der Waals surface area contributed by atoms with Crippen LogP contribution in [0.15, 0.2) is 0 Å². The van der Waals surface area contributed by atoms with Crippen molar-refractivity contribution in [3.05, 3.63) is 0 Å². The van der Waals surface area contributed by atoms with Gasteiger partial charge in [0.05, 0.1) is 0 Å². The maximum Gasteiger partial charge on any atom is 0.329 e. The molecule has 2 N–H and O–H groups in total. The van der Waals surface area contributed by atoms with Gasteiger partial charge in [-0.25, -0.2) is 0 Å². The normalized spacial score (nSPS) is 18.0. The maximum absolute atomic E-state index is 12.5. The Morgan fingerprint density at radius 1 is 1.55 bits per heavy atom. The summed E-state index contributed by atoms with van der Waals surface area (Å²) in [4.78, 5) is -3.23. The van der Waals surface area contributed by atoms with Crippen molar-refractivity contribution in [2.45, 2.75) is 23.8 Å². The molecular weight excluding hydrogens is 220 g/mol. The van der Waals surface area contributed by atoms with Gasteiger partial charge in [0.2, 0.25) is 0 Å². The number of rotatable bonds is 4. The molecule has 0 radical (unpaired) electrons. The van der Waals surface area contributed by atoms with Gasteiger partial charge >= 0.3 is 4.83 Å². The van der Waals surface area contributed by atoms with Gasteiger partial charge in [-0.05, 0) is 42.9 Å². The minimum absolute atomic E-state index is 0.00174. The summed E-state index contributed by atoms with van der Waals surface area (Å²) < 4.78 is 24.9. The van der Waals surface area contributed by atoms with Crippen LogP contribution in [0.5, 0.6) is 0 Å². The van der Waals surface area contributed by atoms with Crippen LogP contribution in [0.1, 0.15) is 13.3 Å². The lowest BCUT2D eigenvalue weighted by molar-refractivity contribution is -0.107. The first-order valence-corrected chi connectivity index (χ1v) is 4.04. The van der Waals surface area contributed by atoms with E-state index < -0.39 is 10.4 Å². The fourth-order valence-electron chi connectivity index (χ4n) is 0.510. The third-order valence-electron chi connectivity index (χ3n) is 1.47. The van der Waals surface area contributed by atoms with Crippen molar-refractivity contribution in [2.24, 2.45) is 0 Å². The molecule has 1 unspecified atom stereocenters. The molecule has 68 valence electrons. The Bertz CT molecular complexity index is 124. The van der Waals surface area contributed by atoms with E-state index >= 15 is 0 Å². The highest BCUT2D eigenvalue weighted by Crippen LogP contribution is 2.36. The second-order valence-corrected chi connectivity index (χ2v) is 3.62. The van der Waals surface area contributed by atoms with Crippen molar-refractivity contribution in [1.82, 2.24) is 5.32 Å². The summed E-state index contributed by atoms with van der Waals surface area (Å²) in [6.45, 7) is 1.45. The van der Waals surface area contributed by atoms with Crippen LogP contribution >= 0.6 is 15.9 Å². The van der Waals surface area contributed by atoms with Gasteiger partial charge in [0.15, 0.2) is 0 Å². The number of nitrogens with one attached hydrogen (secondary N) is 1. The third-order valence-corrected chi connectivity index (χ3v) is 2.33. The lowest BCUT2D eigenvalue weighted by atomic mass is 10.0. The van der Waals surface area contributed by atoms with E-state index in [9.17, 15) is 8.78 Å². The molecule has 0 fully saturated rings. The molecule has 0 amide bonds. The number of aliphatic hydroxyl groups is 1. The van der Waals surface area contributed by atoms with Crippen molar-refractivity contribution in [2.75, 3.05) is 13.6 Å². The van der Waals surface area contributed by atoms with Gasteiger partial charge in [-0.2, -0.15) is 8.78 Å². The van der Waals surface area contributed by atoms with E-state index in [1.165, 1.54) is 0 Å². The summed E-state index contributed by atoms with van der Waals surface area (Å²) in [6, 6.07) is 0. The molecule has 5 heteroatoms. The molecular formula is C6H12BrF2NO. The standard InChI is InChI=1S/C6H12BrF2NO/c1-5(11,3-4-10-2)6(7,8)9/h10-11H,3-4H2,1-2H3. The number of hydrogen-bond acceptors (Lipinski definition) is 2. The summed E-state index contributed by atoms with van der Waals surface area (Å²) >= 11 is 2.12. The highest BCUT2D eigenvalue weighted by Gasteiger charge is 2.45. The molecule has 2 nitrogen and oxygen atoms in total. The van der Waals surface area contributed by atoms with Crippen LogP contribution in [0.3, 0.4) is 0 Å². The Balaban J connectivity index is 4.00. The van der Waals surface area contributed by atoms with Gasteiger partial charge in [-0.3, -0.25) is 0 Å². The van der Waals surface area contributed by atoms with E-state index in [1.54, 1.807) is 7.05 Å². The summed E-state index contributed by atoms with van der Waals surface area (Å²) in [7, 11) is 1.64. The Kier molecular flexibility index (Phi) is 3.87. The van der Waals surface area contributed by atoms with E-state index in [1.807, 2.05) is 0 Å². The smallest absolute Gasteiger partial charge is 0.329 e. The molecule has 0 aromatic carbocycles. The average Bonchev–Trinajstić information content (AvgIpc) is 1.81. The molecule has 0 rings (SSSR count). The molecule has 0 saturated carbocycles. The molecule has 0 aliphatic rings. The van der Waals surface area contributed by atoms with Gasteiger partial charge in [-0.1, -0.05) is 0 Å². The van der Waals surface area contributed by atoms with Crippen molar-refractivity contribution < 1.29 is 13.9 Å². The van der Waals surface area contributed by atoms with Crippen molar-refractivity contribution in [3.8, 4) is 0 Å². The van der Waals surface area contributed by atoms with Crippen LogP contribution in [0, 0.1) is 0 Å². The first kappa shape index (κ1) is 11.3. The molecule has 0 spiro atoms. The van der Waals surface area contributed by atoms with Gasteiger partial charge in [0.1, 0.15) is 5.60 Å². The minimum atomic E-state index is -3.23.